The zero-order chi connectivity index (χ0) is 11.0. The molecular weight excluding hydrogens is 218 g/mol. The highest BCUT2D eigenvalue weighted by atomic mass is 32.2. The molecule has 0 aromatic heterocycles. The highest BCUT2D eigenvalue weighted by Crippen LogP contribution is 2.37. The zero-order valence-corrected chi connectivity index (χ0v) is 10.1. The molecule has 1 N–H and O–H groups in total. The maximum atomic E-state index is 8.97. The fraction of sp³-hybridized carbons (Fsp3) is 0.538. The Morgan fingerprint density at radius 2 is 2.12 bits per heavy atom. The van der Waals surface area contributed by atoms with E-state index in [-0.39, 0.29) is 0 Å². The van der Waals surface area contributed by atoms with E-state index in [1.54, 1.807) is 0 Å². The van der Waals surface area contributed by atoms with E-state index in [1.807, 2.05) is 11.8 Å². The van der Waals surface area contributed by atoms with E-state index in [9.17, 15) is 0 Å². The van der Waals surface area contributed by atoms with Gasteiger partial charge in [-0.15, -0.1) is 11.8 Å². The Morgan fingerprint density at radius 1 is 1.31 bits per heavy atom. The van der Waals surface area contributed by atoms with Crippen LogP contribution < -0.4 is 0 Å². The van der Waals surface area contributed by atoms with Crippen LogP contribution in [-0.4, -0.2) is 41.5 Å². The minimum absolute atomic E-state index is 0.356. The average molecular weight is 235 g/mol. The summed E-state index contributed by atoms with van der Waals surface area (Å²) in [5.74, 6) is 0.536. The van der Waals surface area contributed by atoms with E-state index in [2.05, 4.69) is 29.2 Å². The van der Waals surface area contributed by atoms with Gasteiger partial charge in [0.05, 0.1) is 0 Å². The summed E-state index contributed by atoms with van der Waals surface area (Å²) in [5.41, 5.74) is 1.51. The smallest absolute Gasteiger partial charge is 0.0483 e. The molecule has 3 rings (SSSR count). The lowest BCUT2D eigenvalue weighted by Gasteiger charge is -2.39. The van der Waals surface area contributed by atoms with E-state index in [0.29, 0.717) is 12.5 Å². The number of hydrogen-bond acceptors (Lipinski definition) is 3. The first-order chi connectivity index (χ1) is 7.85. The van der Waals surface area contributed by atoms with Crippen LogP contribution in [0.3, 0.4) is 0 Å². The number of hydrogen-bond donors (Lipinski definition) is 1. The van der Waals surface area contributed by atoms with Gasteiger partial charge in [-0.2, -0.15) is 0 Å². The number of aliphatic hydroxyl groups excluding tert-OH is 1. The number of aliphatic hydroxyl groups is 1. The third kappa shape index (κ3) is 1.99. The molecule has 3 heteroatoms. The molecule has 2 aliphatic rings. The van der Waals surface area contributed by atoms with Crippen molar-refractivity contribution in [2.45, 2.75) is 16.6 Å². The summed E-state index contributed by atoms with van der Waals surface area (Å²) in [6.07, 6.45) is 1.21. The Balaban J connectivity index is 1.53. The van der Waals surface area contributed by atoms with Gasteiger partial charge in [-0.25, -0.2) is 0 Å². The summed E-state index contributed by atoms with van der Waals surface area (Å²) in [7, 11) is 0. The van der Waals surface area contributed by atoms with E-state index >= 15 is 0 Å². The number of likely N-dealkylation sites (tertiary alicyclic amines) is 1. The van der Waals surface area contributed by atoms with Gasteiger partial charge in [-0.05, 0) is 18.1 Å². The monoisotopic (exact) mass is 235 g/mol. The van der Waals surface area contributed by atoms with Gasteiger partial charge in [0.15, 0.2) is 0 Å². The molecule has 1 saturated heterocycles. The Bertz CT molecular complexity index is 351. The molecule has 1 aromatic carbocycles. The van der Waals surface area contributed by atoms with Crippen molar-refractivity contribution in [3.8, 4) is 0 Å². The van der Waals surface area contributed by atoms with Crippen LogP contribution in [0.25, 0.3) is 0 Å². The first-order valence-electron chi connectivity index (χ1n) is 5.93. The van der Waals surface area contributed by atoms with Crippen LogP contribution in [0.5, 0.6) is 0 Å². The topological polar surface area (TPSA) is 23.5 Å². The molecule has 2 aliphatic heterocycles. The maximum absolute atomic E-state index is 8.97. The molecule has 0 radical (unpaired) electrons. The van der Waals surface area contributed by atoms with Crippen LogP contribution in [0.1, 0.15) is 5.56 Å². The lowest BCUT2D eigenvalue weighted by atomic mass is 10.0. The minimum Gasteiger partial charge on any atom is -0.396 e. The summed E-state index contributed by atoms with van der Waals surface area (Å²) in [4.78, 5) is 3.93. The Kier molecular flexibility index (Phi) is 2.92. The molecule has 0 bridgehead atoms. The van der Waals surface area contributed by atoms with E-state index in [1.165, 1.54) is 23.4 Å². The van der Waals surface area contributed by atoms with Crippen LogP contribution in [0.2, 0.25) is 0 Å². The van der Waals surface area contributed by atoms with Crippen molar-refractivity contribution in [3.05, 3.63) is 29.8 Å². The van der Waals surface area contributed by atoms with Gasteiger partial charge < -0.3 is 10.0 Å². The van der Waals surface area contributed by atoms with Crippen molar-refractivity contribution in [1.82, 2.24) is 4.90 Å². The number of nitrogens with zero attached hydrogens (tertiary/aromatic N) is 1. The van der Waals surface area contributed by atoms with Gasteiger partial charge >= 0.3 is 0 Å². The molecule has 0 amide bonds. The molecule has 1 unspecified atom stereocenters. The van der Waals surface area contributed by atoms with Crippen molar-refractivity contribution in [2.24, 2.45) is 5.92 Å². The SMILES string of the molecule is OCC1CN(CC2Cc3ccccc3S2)C1. The van der Waals surface area contributed by atoms with Crippen LogP contribution >= 0.6 is 11.8 Å². The molecule has 0 saturated carbocycles. The van der Waals surface area contributed by atoms with Gasteiger partial charge in [-0.3, -0.25) is 0 Å². The Labute approximate surface area is 101 Å². The molecule has 1 aromatic rings. The highest BCUT2D eigenvalue weighted by Gasteiger charge is 2.30. The average Bonchev–Trinajstić information content (AvgIpc) is 2.65. The van der Waals surface area contributed by atoms with Crippen molar-refractivity contribution in [2.75, 3.05) is 26.2 Å². The van der Waals surface area contributed by atoms with Crippen molar-refractivity contribution < 1.29 is 5.11 Å². The standard InChI is InChI=1S/C13H17NOS/c15-9-10-6-14(7-10)8-12-5-11-3-1-2-4-13(11)16-12/h1-4,10,12,15H,5-9H2. The summed E-state index contributed by atoms with van der Waals surface area (Å²) < 4.78 is 0. The summed E-state index contributed by atoms with van der Waals surface area (Å²) in [6, 6.07) is 8.73. The van der Waals surface area contributed by atoms with Crippen LogP contribution in [0, 0.1) is 5.92 Å². The maximum Gasteiger partial charge on any atom is 0.0483 e. The van der Waals surface area contributed by atoms with Crippen LogP contribution in [-0.2, 0) is 6.42 Å². The molecule has 0 aliphatic carbocycles. The minimum atomic E-state index is 0.356. The largest absolute Gasteiger partial charge is 0.396 e. The van der Waals surface area contributed by atoms with Gasteiger partial charge in [0.1, 0.15) is 0 Å². The fourth-order valence-corrected chi connectivity index (χ4v) is 3.95. The molecule has 1 atom stereocenters. The highest BCUT2D eigenvalue weighted by molar-refractivity contribution is 8.00. The molecule has 1 fully saturated rings. The lowest BCUT2D eigenvalue weighted by Crippen LogP contribution is -2.50. The zero-order valence-electron chi connectivity index (χ0n) is 9.30. The number of benzene rings is 1. The fourth-order valence-electron chi connectivity index (χ4n) is 2.59. The third-order valence-corrected chi connectivity index (χ3v) is 4.77. The predicted octanol–water partition coefficient (Wildman–Crippen LogP) is 1.63. The Hall–Kier alpha value is -0.510. The second-order valence-corrected chi connectivity index (χ2v) is 6.16. The van der Waals surface area contributed by atoms with E-state index < -0.39 is 0 Å². The van der Waals surface area contributed by atoms with E-state index in [0.717, 1.165) is 18.3 Å². The Morgan fingerprint density at radius 3 is 2.88 bits per heavy atom. The molecule has 0 spiro atoms. The predicted molar refractivity (Wildman–Crippen MR) is 66.8 cm³/mol. The molecule has 16 heavy (non-hydrogen) atoms. The molecule has 2 nitrogen and oxygen atoms in total. The quantitative estimate of drug-likeness (QED) is 0.861. The third-order valence-electron chi connectivity index (χ3n) is 3.47. The van der Waals surface area contributed by atoms with Crippen molar-refractivity contribution >= 4 is 11.8 Å². The van der Waals surface area contributed by atoms with Crippen LogP contribution in [0.4, 0.5) is 0 Å². The summed E-state index contributed by atoms with van der Waals surface area (Å²) >= 11 is 2.02. The van der Waals surface area contributed by atoms with Gasteiger partial charge in [0.2, 0.25) is 0 Å². The van der Waals surface area contributed by atoms with Crippen LogP contribution in [0.15, 0.2) is 29.2 Å². The normalized spacial score (nSPS) is 25.4. The van der Waals surface area contributed by atoms with Gasteiger partial charge in [0.25, 0.3) is 0 Å². The summed E-state index contributed by atoms with van der Waals surface area (Å²) in [5, 5.41) is 9.69. The second-order valence-electron chi connectivity index (χ2n) is 4.82. The molecular formula is C13H17NOS. The molecule has 2 heterocycles. The second kappa shape index (κ2) is 4.40. The lowest BCUT2D eigenvalue weighted by molar-refractivity contribution is 0.0547. The number of rotatable bonds is 3. The molecule has 86 valence electrons. The van der Waals surface area contributed by atoms with E-state index in [4.69, 9.17) is 5.11 Å². The first-order valence-corrected chi connectivity index (χ1v) is 6.81. The number of fused-ring (bicyclic) bond motifs is 1. The van der Waals surface area contributed by atoms with Gasteiger partial charge in [0, 0.05) is 42.3 Å². The summed E-state index contributed by atoms with van der Waals surface area (Å²) in [6.45, 7) is 3.71. The first kappa shape index (κ1) is 10.6. The van der Waals surface area contributed by atoms with Crippen molar-refractivity contribution in [1.29, 1.82) is 0 Å². The van der Waals surface area contributed by atoms with Crippen molar-refractivity contribution in [3.63, 3.8) is 0 Å². The number of thioether (sulfide) groups is 1. The van der Waals surface area contributed by atoms with Gasteiger partial charge in [-0.1, -0.05) is 18.2 Å².